The molecule has 0 aromatic rings. The number of likely N-dealkylation sites (tertiary alicyclic amines) is 1. The Balaban J connectivity index is 2.04. The molecule has 1 saturated carbocycles. The molecule has 2 nitrogen and oxygen atoms in total. The summed E-state index contributed by atoms with van der Waals surface area (Å²) in [4.78, 5) is 13.9. The van der Waals surface area contributed by atoms with Crippen LogP contribution in [-0.2, 0) is 4.79 Å². The fourth-order valence-electron chi connectivity index (χ4n) is 2.86. The molecule has 1 unspecified atom stereocenters. The van der Waals surface area contributed by atoms with Crippen molar-refractivity contribution in [2.24, 2.45) is 5.41 Å². The second kappa shape index (κ2) is 3.06. The number of ketones is 1. The average Bonchev–Trinajstić information content (AvgIpc) is 2.59. The number of hydrogen-bond acceptors (Lipinski definition) is 2. The molecule has 1 spiro atoms. The van der Waals surface area contributed by atoms with Crippen molar-refractivity contribution in [2.75, 3.05) is 13.1 Å². The third-order valence-electron chi connectivity index (χ3n) is 3.89. The Labute approximate surface area is 86.7 Å². The Bertz CT molecular complexity index is 254. The van der Waals surface area contributed by atoms with E-state index in [2.05, 4.69) is 25.7 Å². The van der Waals surface area contributed by atoms with Crippen molar-refractivity contribution in [3.63, 3.8) is 0 Å². The molecule has 1 atom stereocenters. The molecular formula is C12H21NO. The minimum atomic E-state index is 0.273. The zero-order chi connectivity index (χ0) is 10.4. The van der Waals surface area contributed by atoms with Gasteiger partial charge in [-0.3, -0.25) is 9.69 Å². The molecule has 0 aromatic carbocycles. The van der Waals surface area contributed by atoms with Crippen LogP contribution < -0.4 is 0 Å². The van der Waals surface area contributed by atoms with Crippen LogP contribution in [0.1, 0.15) is 46.5 Å². The van der Waals surface area contributed by atoms with Crippen LogP contribution in [0.5, 0.6) is 0 Å². The highest BCUT2D eigenvalue weighted by Crippen LogP contribution is 2.45. The van der Waals surface area contributed by atoms with Gasteiger partial charge in [0.25, 0.3) is 0 Å². The molecule has 0 bridgehead atoms. The Morgan fingerprint density at radius 2 is 2.00 bits per heavy atom. The molecule has 2 aliphatic rings. The summed E-state index contributed by atoms with van der Waals surface area (Å²) in [6.45, 7) is 9.12. The summed E-state index contributed by atoms with van der Waals surface area (Å²) in [5.74, 6) is 0.487. The molecule has 0 N–H and O–H groups in total. The number of carbonyl (C=O) groups is 1. The summed E-state index contributed by atoms with van der Waals surface area (Å²) in [6.07, 6.45) is 4.05. The molecule has 1 saturated heterocycles. The molecule has 1 aliphatic carbocycles. The largest absolute Gasteiger partial charge is 0.300 e. The first kappa shape index (κ1) is 10.2. The van der Waals surface area contributed by atoms with Gasteiger partial charge in [-0.15, -0.1) is 0 Å². The van der Waals surface area contributed by atoms with Crippen LogP contribution in [0.3, 0.4) is 0 Å². The Morgan fingerprint density at radius 3 is 2.43 bits per heavy atom. The van der Waals surface area contributed by atoms with E-state index in [0.717, 1.165) is 25.8 Å². The van der Waals surface area contributed by atoms with E-state index >= 15 is 0 Å². The van der Waals surface area contributed by atoms with Gasteiger partial charge in [0.05, 0.1) is 0 Å². The number of nitrogens with zero attached hydrogens (tertiary/aromatic N) is 1. The van der Waals surface area contributed by atoms with Gasteiger partial charge >= 0.3 is 0 Å². The third kappa shape index (κ3) is 1.72. The summed E-state index contributed by atoms with van der Waals surface area (Å²) in [5, 5.41) is 0. The molecule has 1 heterocycles. The van der Waals surface area contributed by atoms with Crippen molar-refractivity contribution >= 4 is 5.78 Å². The number of rotatable bonds is 0. The first-order valence-corrected chi connectivity index (χ1v) is 5.68. The lowest BCUT2D eigenvalue weighted by Gasteiger charge is -2.33. The summed E-state index contributed by atoms with van der Waals surface area (Å²) in [5.41, 5.74) is 0.638. The van der Waals surface area contributed by atoms with Gasteiger partial charge in [-0.05, 0) is 45.6 Å². The van der Waals surface area contributed by atoms with Crippen molar-refractivity contribution in [1.82, 2.24) is 4.90 Å². The molecule has 0 aromatic heterocycles. The highest BCUT2D eigenvalue weighted by molar-refractivity contribution is 5.81. The van der Waals surface area contributed by atoms with E-state index in [1.807, 2.05) is 0 Å². The maximum atomic E-state index is 11.3. The van der Waals surface area contributed by atoms with E-state index in [9.17, 15) is 4.79 Å². The van der Waals surface area contributed by atoms with Crippen LogP contribution in [0.2, 0.25) is 0 Å². The van der Waals surface area contributed by atoms with Gasteiger partial charge < -0.3 is 0 Å². The van der Waals surface area contributed by atoms with Crippen molar-refractivity contribution < 1.29 is 4.79 Å². The molecule has 0 radical (unpaired) electrons. The van der Waals surface area contributed by atoms with Crippen molar-refractivity contribution in [3.05, 3.63) is 0 Å². The van der Waals surface area contributed by atoms with Gasteiger partial charge in [-0.2, -0.15) is 0 Å². The predicted molar refractivity (Wildman–Crippen MR) is 57.2 cm³/mol. The van der Waals surface area contributed by atoms with E-state index in [1.165, 1.54) is 13.0 Å². The second-order valence-corrected chi connectivity index (χ2v) is 6.06. The smallest absolute Gasteiger partial charge is 0.133 e. The van der Waals surface area contributed by atoms with Gasteiger partial charge in [0, 0.05) is 24.9 Å². The zero-order valence-electron chi connectivity index (χ0n) is 9.60. The highest BCUT2D eigenvalue weighted by Gasteiger charge is 2.45. The standard InChI is InChI=1S/C12H21NO/c1-11(2,3)13-7-6-12(9-13)5-4-10(14)8-12/h4-9H2,1-3H3. The molecule has 80 valence electrons. The van der Waals surface area contributed by atoms with E-state index in [4.69, 9.17) is 0 Å². The lowest BCUT2D eigenvalue weighted by molar-refractivity contribution is -0.118. The van der Waals surface area contributed by atoms with Crippen LogP contribution in [0, 0.1) is 5.41 Å². The SMILES string of the molecule is CC(C)(C)N1CCC2(CCC(=O)C2)C1. The number of Topliss-reactive ketones (excluding diaryl/α,β-unsaturated/α-hetero) is 1. The molecule has 0 amide bonds. The maximum Gasteiger partial charge on any atom is 0.133 e. The minimum Gasteiger partial charge on any atom is -0.300 e. The predicted octanol–water partition coefficient (Wildman–Crippen LogP) is 2.23. The van der Waals surface area contributed by atoms with Gasteiger partial charge in [-0.25, -0.2) is 0 Å². The Hall–Kier alpha value is -0.370. The monoisotopic (exact) mass is 195 g/mol. The number of hydrogen-bond donors (Lipinski definition) is 0. The lowest BCUT2D eigenvalue weighted by atomic mass is 9.85. The van der Waals surface area contributed by atoms with Gasteiger partial charge in [-0.1, -0.05) is 0 Å². The van der Waals surface area contributed by atoms with Crippen LogP contribution in [0.15, 0.2) is 0 Å². The maximum absolute atomic E-state index is 11.3. The second-order valence-electron chi connectivity index (χ2n) is 6.06. The van der Waals surface area contributed by atoms with E-state index < -0.39 is 0 Å². The van der Waals surface area contributed by atoms with Crippen LogP contribution in [0.25, 0.3) is 0 Å². The van der Waals surface area contributed by atoms with Gasteiger partial charge in [0.15, 0.2) is 0 Å². The average molecular weight is 195 g/mol. The van der Waals surface area contributed by atoms with E-state index in [1.54, 1.807) is 0 Å². The van der Waals surface area contributed by atoms with Crippen LogP contribution in [0.4, 0.5) is 0 Å². The summed E-state index contributed by atoms with van der Waals surface area (Å²) in [7, 11) is 0. The van der Waals surface area contributed by atoms with Gasteiger partial charge in [0.2, 0.25) is 0 Å². The van der Waals surface area contributed by atoms with E-state index in [-0.39, 0.29) is 5.54 Å². The van der Waals surface area contributed by atoms with Crippen molar-refractivity contribution in [2.45, 2.75) is 52.0 Å². The normalized spacial score (nSPS) is 34.6. The molecule has 2 fully saturated rings. The highest BCUT2D eigenvalue weighted by atomic mass is 16.1. The number of carbonyl (C=O) groups excluding carboxylic acids is 1. The third-order valence-corrected chi connectivity index (χ3v) is 3.89. The Kier molecular flexibility index (Phi) is 2.22. The van der Waals surface area contributed by atoms with Crippen molar-refractivity contribution in [3.8, 4) is 0 Å². The minimum absolute atomic E-state index is 0.273. The quantitative estimate of drug-likeness (QED) is 0.591. The zero-order valence-corrected chi connectivity index (χ0v) is 9.60. The first-order chi connectivity index (χ1) is 6.41. The summed E-state index contributed by atoms with van der Waals surface area (Å²) in [6, 6.07) is 0. The molecule has 2 heteroatoms. The molecular weight excluding hydrogens is 174 g/mol. The fourth-order valence-corrected chi connectivity index (χ4v) is 2.86. The van der Waals surface area contributed by atoms with Gasteiger partial charge in [0.1, 0.15) is 5.78 Å². The molecule has 14 heavy (non-hydrogen) atoms. The summed E-state index contributed by atoms with van der Waals surface area (Å²) >= 11 is 0. The van der Waals surface area contributed by atoms with E-state index in [0.29, 0.717) is 11.2 Å². The van der Waals surface area contributed by atoms with Crippen molar-refractivity contribution in [1.29, 1.82) is 0 Å². The first-order valence-electron chi connectivity index (χ1n) is 5.68. The Morgan fingerprint density at radius 1 is 1.29 bits per heavy atom. The topological polar surface area (TPSA) is 20.3 Å². The fraction of sp³-hybridized carbons (Fsp3) is 0.917. The van der Waals surface area contributed by atoms with Crippen LogP contribution >= 0.6 is 0 Å². The molecule has 2 rings (SSSR count). The van der Waals surface area contributed by atoms with Crippen LogP contribution in [-0.4, -0.2) is 29.3 Å². The lowest BCUT2D eigenvalue weighted by Crippen LogP contribution is -2.40. The molecule has 1 aliphatic heterocycles. The summed E-state index contributed by atoms with van der Waals surface area (Å²) < 4.78 is 0.